The molecule has 1 aliphatic rings. The predicted octanol–water partition coefficient (Wildman–Crippen LogP) is 13.8. The molecule has 0 saturated heterocycles. The van der Waals surface area contributed by atoms with E-state index < -0.39 is 0 Å². The molecule has 5 nitrogen and oxygen atoms in total. The molecule has 0 N–H and O–H groups in total. The molecule has 4 heterocycles. The number of thiophene rings is 1. The summed E-state index contributed by atoms with van der Waals surface area (Å²) >= 11 is 1.86. The molecule has 11 aromatic rings. The highest BCUT2D eigenvalue weighted by Gasteiger charge is 2.22. The molecule has 7 aromatic carbocycles. The standard InChI is InChI=1S/C51H32N4OS/c1-4-13-31(14-5-1)49-52-50(32-15-6-2-7-16-32)54-51(53-49)40-21-12-20-38-36-25-23-34(30-43(36)56-48(38)40)33-24-27-42-41(29-33)37-26-28-45-46(39-19-10-11-22-44(39)57-45)47(37)55(42)35-17-8-3-9-18-35/h1-15,17-30,32H,16H2. The van der Waals surface area contributed by atoms with E-state index >= 15 is 0 Å². The lowest BCUT2D eigenvalue weighted by atomic mass is 9.99. The van der Waals surface area contributed by atoms with Crippen LogP contribution < -0.4 is 0 Å². The molecule has 1 unspecified atom stereocenters. The summed E-state index contributed by atoms with van der Waals surface area (Å²) in [6.07, 6.45) is 9.32. The van der Waals surface area contributed by atoms with Crippen molar-refractivity contribution in [3.8, 4) is 39.6 Å². The van der Waals surface area contributed by atoms with E-state index in [1.54, 1.807) is 0 Å². The Hall–Kier alpha value is -7.15. The maximum atomic E-state index is 6.80. The Morgan fingerprint density at radius 2 is 1.33 bits per heavy atom. The van der Waals surface area contributed by atoms with Gasteiger partial charge in [-0.2, -0.15) is 0 Å². The minimum atomic E-state index is 0.0753. The Morgan fingerprint density at radius 3 is 2.21 bits per heavy atom. The first-order chi connectivity index (χ1) is 28.2. The zero-order valence-electron chi connectivity index (χ0n) is 30.6. The summed E-state index contributed by atoms with van der Waals surface area (Å²) in [6.45, 7) is 0. The van der Waals surface area contributed by atoms with Crippen molar-refractivity contribution in [1.29, 1.82) is 0 Å². The van der Waals surface area contributed by atoms with E-state index in [4.69, 9.17) is 19.4 Å². The van der Waals surface area contributed by atoms with Crippen LogP contribution in [0.1, 0.15) is 18.2 Å². The van der Waals surface area contributed by atoms with E-state index in [0.717, 1.165) is 62.1 Å². The van der Waals surface area contributed by atoms with Gasteiger partial charge in [0.05, 0.1) is 16.6 Å². The number of furan rings is 1. The van der Waals surface area contributed by atoms with Crippen LogP contribution in [-0.4, -0.2) is 19.5 Å². The van der Waals surface area contributed by atoms with Crippen LogP contribution in [0, 0.1) is 0 Å². The fourth-order valence-electron chi connectivity index (χ4n) is 8.66. The van der Waals surface area contributed by atoms with Crippen molar-refractivity contribution in [2.75, 3.05) is 0 Å². The molecule has 0 bridgehead atoms. The molecule has 0 amide bonds. The third-order valence-electron chi connectivity index (χ3n) is 11.4. The summed E-state index contributed by atoms with van der Waals surface area (Å²) in [5.74, 6) is 2.10. The molecule has 6 heteroatoms. The van der Waals surface area contributed by atoms with E-state index in [1.807, 2.05) is 41.7 Å². The van der Waals surface area contributed by atoms with Gasteiger partial charge in [-0.1, -0.05) is 121 Å². The number of para-hydroxylation sites is 2. The summed E-state index contributed by atoms with van der Waals surface area (Å²) in [4.78, 5) is 15.1. The Bertz CT molecular complexity index is 3450. The van der Waals surface area contributed by atoms with Gasteiger partial charge in [0.25, 0.3) is 0 Å². The molecule has 12 rings (SSSR count). The smallest absolute Gasteiger partial charge is 0.167 e. The topological polar surface area (TPSA) is 56.7 Å². The van der Waals surface area contributed by atoms with Gasteiger partial charge in [0, 0.05) is 58.9 Å². The van der Waals surface area contributed by atoms with Gasteiger partial charge in [0.2, 0.25) is 0 Å². The first-order valence-corrected chi connectivity index (χ1v) is 20.1. The minimum absolute atomic E-state index is 0.0753. The molecular formula is C51H32N4OS. The Balaban J connectivity index is 1.02. The van der Waals surface area contributed by atoms with Gasteiger partial charge in [-0.15, -0.1) is 11.3 Å². The van der Waals surface area contributed by atoms with Gasteiger partial charge in [-0.05, 0) is 72.1 Å². The van der Waals surface area contributed by atoms with Crippen LogP contribution in [0.15, 0.2) is 180 Å². The van der Waals surface area contributed by atoms with E-state index in [9.17, 15) is 0 Å². The van der Waals surface area contributed by atoms with Crippen molar-refractivity contribution in [2.24, 2.45) is 0 Å². The number of hydrogen-bond acceptors (Lipinski definition) is 5. The second-order valence-electron chi connectivity index (χ2n) is 14.7. The highest BCUT2D eigenvalue weighted by Crippen LogP contribution is 2.44. The minimum Gasteiger partial charge on any atom is -0.455 e. The Labute approximate surface area is 331 Å². The quantitative estimate of drug-likeness (QED) is 0.176. The molecule has 57 heavy (non-hydrogen) atoms. The molecule has 0 spiro atoms. The third-order valence-corrected chi connectivity index (χ3v) is 12.5. The summed E-state index contributed by atoms with van der Waals surface area (Å²) < 4.78 is 11.8. The molecule has 1 aliphatic carbocycles. The zero-order chi connectivity index (χ0) is 37.5. The van der Waals surface area contributed by atoms with E-state index in [2.05, 4.69) is 150 Å². The monoisotopic (exact) mass is 748 g/mol. The number of nitrogens with zero attached hydrogens (tertiary/aromatic N) is 4. The molecule has 0 fully saturated rings. The molecule has 0 aliphatic heterocycles. The number of rotatable bonds is 5. The third kappa shape index (κ3) is 5.11. The lowest BCUT2D eigenvalue weighted by molar-refractivity contribution is 0.669. The summed E-state index contributed by atoms with van der Waals surface area (Å²) in [5.41, 5.74) is 9.22. The number of aromatic nitrogens is 4. The lowest BCUT2D eigenvalue weighted by Crippen LogP contribution is -2.07. The molecule has 268 valence electrons. The van der Waals surface area contributed by atoms with Crippen LogP contribution in [0.25, 0.3) is 104 Å². The molecule has 1 atom stereocenters. The number of benzene rings is 7. The van der Waals surface area contributed by atoms with Crippen LogP contribution in [0.4, 0.5) is 0 Å². The van der Waals surface area contributed by atoms with Crippen molar-refractivity contribution in [3.63, 3.8) is 0 Å². The van der Waals surface area contributed by atoms with Crippen molar-refractivity contribution in [2.45, 2.75) is 12.3 Å². The van der Waals surface area contributed by atoms with Crippen LogP contribution in [0.3, 0.4) is 0 Å². The van der Waals surface area contributed by atoms with Crippen LogP contribution in [0.2, 0.25) is 0 Å². The summed E-state index contributed by atoms with van der Waals surface area (Å²) in [5, 5.41) is 7.16. The van der Waals surface area contributed by atoms with E-state index in [-0.39, 0.29) is 5.92 Å². The summed E-state index contributed by atoms with van der Waals surface area (Å²) in [7, 11) is 0. The summed E-state index contributed by atoms with van der Waals surface area (Å²) in [6, 6.07) is 53.9. The largest absolute Gasteiger partial charge is 0.455 e. The van der Waals surface area contributed by atoms with E-state index in [1.165, 1.54) is 42.0 Å². The highest BCUT2D eigenvalue weighted by atomic mass is 32.1. The average molecular weight is 749 g/mol. The van der Waals surface area contributed by atoms with E-state index in [0.29, 0.717) is 11.6 Å². The molecular weight excluding hydrogens is 717 g/mol. The zero-order valence-corrected chi connectivity index (χ0v) is 31.4. The first-order valence-electron chi connectivity index (χ1n) is 19.3. The fraction of sp³-hybridized carbons (Fsp3) is 0.0392. The SMILES string of the molecule is C1=CCC(c2nc(-c3ccccc3)nc(-c3cccc4c3oc3cc(-c5ccc6c(c5)c5ccc7sc8ccccc8c7c5n6-c5ccccc5)ccc34)n2)C=C1. The van der Waals surface area contributed by atoms with Gasteiger partial charge in [0.1, 0.15) is 17.0 Å². The number of allylic oxidation sites excluding steroid dienone is 4. The fourth-order valence-corrected chi connectivity index (χ4v) is 9.77. The van der Waals surface area contributed by atoms with Crippen molar-refractivity contribution in [3.05, 3.63) is 182 Å². The molecule has 0 radical (unpaired) electrons. The Kier molecular flexibility index (Phi) is 7.16. The van der Waals surface area contributed by atoms with Crippen molar-refractivity contribution in [1.82, 2.24) is 19.5 Å². The van der Waals surface area contributed by atoms with Gasteiger partial charge < -0.3 is 8.98 Å². The number of hydrogen-bond donors (Lipinski definition) is 0. The molecule has 0 saturated carbocycles. The predicted molar refractivity (Wildman–Crippen MR) is 236 cm³/mol. The van der Waals surface area contributed by atoms with Crippen molar-refractivity contribution >= 4 is 75.3 Å². The second-order valence-corrected chi connectivity index (χ2v) is 15.8. The van der Waals surface area contributed by atoms with Crippen LogP contribution in [0.5, 0.6) is 0 Å². The van der Waals surface area contributed by atoms with Crippen LogP contribution in [-0.2, 0) is 0 Å². The first kappa shape index (κ1) is 32.1. The highest BCUT2D eigenvalue weighted by molar-refractivity contribution is 7.26. The van der Waals surface area contributed by atoms with Crippen molar-refractivity contribution < 1.29 is 4.42 Å². The van der Waals surface area contributed by atoms with Crippen LogP contribution >= 0.6 is 11.3 Å². The maximum absolute atomic E-state index is 6.80. The average Bonchev–Trinajstić information content (AvgIpc) is 3.96. The van der Waals surface area contributed by atoms with Gasteiger partial charge in [-0.3, -0.25) is 0 Å². The molecule has 4 aromatic heterocycles. The van der Waals surface area contributed by atoms with Gasteiger partial charge >= 0.3 is 0 Å². The normalized spacial score (nSPS) is 14.3. The van der Waals surface area contributed by atoms with Gasteiger partial charge in [0.15, 0.2) is 11.6 Å². The number of fused-ring (bicyclic) bond motifs is 10. The Morgan fingerprint density at radius 1 is 0.561 bits per heavy atom. The maximum Gasteiger partial charge on any atom is 0.167 e. The lowest BCUT2D eigenvalue weighted by Gasteiger charge is -2.14. The van der Waals surface area contributed by atoms with Gasteiger partial charge in [-0.25, -0.2) is 15.0 Å². The second kappa shape index (κ2) is 12.7.